The first-order valence-corrected chi connectivity index (χ1v) is 13.0. The van der Waals surface area contributed by atoms with E-state index in [2.05, 4.69) is 10.6 Å². The Hall–Kier alpha value is -3.35. The molecule has 3 rings (SSSR count). The molecule has 1 aliphatic rings. The van der Waals surface area contributed by atoms with Crippen LogP contribution in [0.1, 0.15) is 75.8 Å². The third kappa shape index (κ3) is 7.12. The smallest absolute Gasteiger partial charge is 0.408 e. The van der Waals surface area contributed by atoms with Crippen LogP contribution in [-0.2, 0) is 14.3 Å². The van der Waals surface area contributed by atoms with Gasteiger partial charge in [0.05, 0.1) is 0 Å². The summed E-state index contributed by atoms with van der Waals surface area (Å²) in [6.07, 6.45) is 0.965. The highest BCUT2D eigenvalue weighted by atomic mass is 16.6. The first kappa shape index (κ1) is 28.2. The summed E-state index contributed by atoms with van der Waals surface area (Å²) in [5.74, 6) is -0.762. The number of alkyl carbamates (subject to hydrolysis) is 1. The van der Waals surface area contributed by atoms with Gasteiger partial charge in [-0.25, -0.2) is 4.79 Å². The van der Waals surface area contributed by atoms with E-state index in [-0.39, 0.29) is 23.8 Å². The summed E-state index contributed by atoms with van der Waals surface area (Å²) in [4.78, 5) is 42.6. The van der Waals surface area contributed by atoms with Crippen LogP contribution in [0.15, 0.2) is 42.5 Å². The van der Waals surface area contributed by atoms with Crippen molar-refractivity contribution in [1.82, 2.24) is 10.2 Å². The number of amides is 3. The van der Waals surface area contributed by atoms with Gasteiger partial charge in [-0.2, -0.15) is 0 Å². The van der Waals surface area contributed by atoms with Gasteiger partial charge in [0.25, 0.3) is 5.91 Å². The second-order valence-electron chi connectivity index (χ2n) is 11.4. The molecule has 0 spiro atoms. The molecule has 1 saturated carbocycles. The van der Waals surface area contributed by atoms with Crippen LogP contribution in [0.25, 0.3) is 0 Å². The summed E-state index contributed by atoms with van der Waals surface area (Å²) in [7, 11) is 0. The van der Waals surface area contributed by atoms with Crippen LogP contribution in [0.2, 0.25) is 0 Å². The number of carbonyl (C=O) groups is 3. The number of nitrogens with zero attached hydrogens (tertiary/aromatic N) is 1. The molecule has 2 aromatic carbocycles. The standard InChI is InChI=1S/C30H41N3O4/c1-18(2)25(32-29(36)37-30(6,7)8)28(35)33(22-16-17-22)26(24-20(4)13-11-14-21(24)5)27(34)31-23-15-10-9-12-19(23)3/h9-15,18,22,25-26H,16-17H2,1-8H3,(H,31,34)(H,32,36). The molecule has 0 aromatic heterocycles. The molecule has 0 bridgehead atoms. The summed E-state index contributed by atoms with van der Waals surface area (Å²) in [6.45, 7) is 15.0. The van der Waals surface area contributed by atoms with Gasteiger partial charge in [0.15, 0.2) is 0 Å². The fourth-order valence-electron chi connectivity index (χ4n) is 4.55. The molecule has 1 fully saturated rings. The van der Waals surface area contributed by atoms with Gasteiger partial charge < -0.3 is 20.3 Å². The maximum Gasteiger partial charge on any atom is 0.408 e. The van der Waals surface area contributed by atoms with Gasteiger partial charge in [0, 0.05) is 11.7 Å². The average molecular weight is 508 g/mol. The van der Waals surface area contributed by atoms with Crippen molar-refractivity contribution in [2.24, 2.45) is 5.92 Å². The Kier molecular flexibility index (Phi) is 8.67. The van der Waals surface area contributed by atoms with Gasteiger partial charge in [0.2, 0.25) is 5.91 Å². The van der Waals surface area contributed by atoms with E-state index in [0.717, 1.165) is 35.1 Å². The number of nitrogens with one attached hydrogen (secondary N) is 2. The molecule has 37 heavy (non-hydrogen) atoms. The van der Waals surface area contributed by atoms with Gasteiger partial charge in [-0.15, -0.1) is 0 Å². The number of hydrogen-bond acceptors (Lipinski definition) is 4. The van der Waals surface area contributed by atoms with Crippen LogP contribution < -0.4 is 10.6 Å². The third-order valence-electron chi connectivity index (χ3n) is 6.54. The van der Waals surface area contributed by atoms with Crippen molar-refractivity contribution in [1.29, 1.82) is 0 Å². The Labute approximate surface area is 221 Å². The minimum atomic E-state index is -0.845. The molecule has 0 heterocycles. The predicted molar refractivity (Wildman–Crippen MR) is 146 cm³/mol. The van der Waals surface area contributed by atoms with Gasteiger partial charge in [-0.3, -0.25) is 9.59 Å². The van der Waals surface area contributed by atoms with E-state index in [9.17, 15) is 14.4 Å². The zero-order chi connectivity index (χ0) is 27.5. The molecule has 2 atom stereocenters. The van der Waals surface area contributed by atoms with Crippen molar-refractivity contribution in [2.75, 3.05) is 5.32 Å². The Morgan fingerprint density at radius 3 is 2.00 bits per heavy atom. The number of para-hydroxylation sites is 1. The normalized spacial score (nSPS) is 15.1. The fourth-order valence-corrected chi connectivity index (χ4v) is 4.55. The molecule has 2 N–H and O–H groups in total. The SMILES string of the molecule is Cc1ccccc1NC(=O)C(c1c(C)cccc1C)N(C(=O)C(NC(=O)OC(C)(C)C)C(C)C)C1CC1. The van der Waals surface area contributed by atoms with Crippen molar-refractivity contribution in [2.45, 2.75) is 92.0 Å². The van der Waals surface area contributed by atoms with E-state index in [4.69, 9.17) is 4.74 Å². The number of anilines is 1. The molecule has 0 saturated heterocycles. The highest BCUT2D eigenvalue weighted by molar-refractivity contribution is 6.00. The Morgan fingerprint density at radius 1 is 0.919 bits per heavy atom. The number of benzene rings is 2. The minimum Gasteiger partial charge on any atom is -0.444 e. The van der Waals surface area contributed by atoms with E-state index in [1.807, 2.05) is 77.1 Å². The van der Waals surface area contributed by atoms with E-state index >= 15 is 0 Å². The van der Waals surface area contributed by atoms with Crippen LogP contribution in [0.3, 0.4) is 0 Å². The first-order chi connectivity index (χ1) is 17.3. The number of hydrogen-bond donors (Lipinski definition) is 2. The van der Waals surface area contributed by atoms with Crippen molar-refractivity contribution < 1.29 is 19.1 Å². The van der Waals surface area contributed by atoms with E-state index in [1.54, 1.807) is 25.7 Å². The molecular weight excluding hydrogens is 466 g/mol. The number of ether oxygens (including phenoxy) is 1. The first-order valence-electron chi connectivity index (χ1n) is 13.0. The highest BCUT2D eigenvalue weighted by Gasteiger charge is 2.45. The third-order valence-corrected chi connectivity index (χ3v) is 6.54. The van der Waals surface area contributed by atoms with E-state index < -0.39 is 23.8 Å². The lowest BCUT2D eigenvalue weighted by molar-refractivity contribution is -0.142. The maximum atomic E-state index is 14.2. The fraction of sp³-hybridized carbons (Fsp3) is 0.500. The number of carbonyl (C=O) groups excluding carboxylic acids is 3. The molecule has 2 aromatic rings. The van der Waals surface area contributed by atoms with Gasteiger partial charge >= 0.3 is 6.09 Å². The molecule has 200 valence electrons. The Morgan fingerprint density at radius 2 is 1.49 bits per heavy atom. The van der Waals surface area contributed by atoms with Crippen LogP contribution in [-0.4, -0.2) is 40.5 Å². The Balaban J connectivity index is 2.05. The second-order valence-corrected chi connectivity index (χ2v) is 11.4. The highest BCUT2D eigenvalue weighted by Crippen LogP contribution is 2.38. The summed E-state index contributed by atoms with van der Waals surface area (Å²) >= 11 is 0. The van der Waals surface area contributed by atoms with Crippen LogP contribution in [0.5, 0.6) is 0 Å². The second kappa shape index (κ2) is 11.4. The molecule has 1 aliphatic carbocycles. The van der Waals surface area contributed by atoms with E-state index in [1.165, 1.54) is 0 Å². The monoisotopic (exact) mass is 507 g/mol. The average Bonchev–Trinajstić information content (AvgIpc) is 3.61. The summed E-state index contributed by atoms with van der Waals surface area (Å²) in [5.41, 5.74) is 3.63. The largest absolute Gasteiger partial charge is 0.444 e. The lowest BCUT2D eigenvalue weighted by atomic mass is 9.92. The molecule has 3 amide bonds. The summed E-state index contributed by atoms with van der Waals surface area (Å²) in [5, 5.41) is 5.86. The molecule has 2 unspecified atom stereocenters. The van der Waals surface area contributed by atoms with Crippen molar-refractivity contribution in [3.8, 4) is 0 Å². The summed E-state index contributed by atoms with van der Waals surface area (Å²) in [6, 6.07) is 11.7. The van der Waals surface area contributed by atoms with E-state index in [0.29, 0.717) is 5.69 Å². The van der Waals surface area contributed by atoms with Crippen LogP contribution >= 0.6 is 0 Å². The molecule has 7 nitrogen and oxygen atoms in total. The lowest BCUT2D eigenvalue weighted by Gasteiger charge is -2.37. The zero-order valence-electron chi connectivity index (χ0n) is 23.3. The van der Waals surface area contributed by atoms with Gasteiger partial charge in [-0.05, 0) is 88.6 Å². The minimum absolute atomic E-state index is 0.0826. The predicted octanol–water partition coefficient (Wildman–Crippen LogP) is 5.83. The number of rotatable bonds is 8. The molecule has 7 heteroatoms. The topological polar surface area (TPSA) is 87.7 Å². The van der Waals surface area contributed by atoms with Crippen molar-refractivity contribution in [3.05, 3.63) is 64.7 Å². The van der Waals surface area contributed by atoms with Crippen molar-refractivity contribution >= 4 is 23.6 Å². The quantitative estimate of drug-likeness (QED) is 0.470. The zero-order valence-corrected chi connectivity index (χ0v) is 23.3. The number of aryl methyl sites for hydroxylation is 3. The molecule has 0 radical (unpaired) electrons. The maximum absolute atomic E-state index is 14.2. The van der Waals surface area contributed by atoms with Crippen LogP contribution in [0.4, 0.5) is 10.5 Å². The lowest BCUT2D eigenvalue weighted by Crippen LogP contribution is -2.55. The molecular formula is C30H41N3O4. The Bertz CT molecular complexity index is 1130. The van der Waals surface area contributed by atoms with Gasteiger partial charge in [-0.1, -0.05) is 50.2 Å². The summed E-state index contributed by atoms with van der Waals surface area (Å²) < 4.78 is 5.45. The van der Waals surface area contributed by atoms with Crippen LogP contribution in [0, 0.1) is 26.7 Å². The van der Waals surface area contributed by atoms with Gasteiger partial charge in [0.1, 0.15) is 17.7 Å². The molecule has 0 aliphatic heterocycles. The van der Waals surface area contributed by atoms with Crippen molar-refractivity contribution in [3.63, 3.8) is 0 Å².